The van der Waals surface area contributed by atoms with Crippen LogP contribution >= 0.6 is 15.9 Å². The molecule has 0 unspecified atom stereocenters. The van der Waals surface area contributed by atoms with Gasteiger partial charge in [-0.2, -0.15) is 5.10 Å². The van der Waals surface area contributed by atoms with Crippen molar-refractivity contribution in [2.75, 3.05) is 40.0 Å². The molecule has 0 saturated carbocycles. The summed E-state index contributed by atoms with van der Waals surface area (Å²) in [7, 11) is 1.74. The Bertz CT molecular complexity index is 1100. The molecule has 7 nitrogen and oxygen atoms in total. The first-order valence-electron chi connectivity index (χ1n) is 11.3. The zero-order chi connectivity index (χ0) is 23.2. The van der Waals surface area contributed by atoms with Gasteiger partial charge in [0.2, 0.25) is 0 Å². The third-order valence-corrected chi connectivity index (χ3v) is 6.44. The van der Waals surface area contributed by atoms with Crippen molar-refractivity contribution >= 4 is 32.8 Å². The number of fused-ring (bicyclic) bond motifs is 1. The number of methoxy groups -OCH3 is 1. The molecule has 4 rings (SSSR count). The third-order valence-electron chi connectivity index (χ3n) is 5.94. The van der Waals surface area contributed by atoms with Crippen molar-refractivity contribution in [3.63, 3.8) is 0 Å². The number of likely N-dealkylation sites (tertiary alicyclic amines) is 1. The molecular formula is C25H30BrN3O4. The molecule has 33 heavy (non-hydrogen) atoms. The Morgan fingerprint density at radius 2 is 2.09 bits per heavy atom. The molecule has 0 amide bonds. The molecule has 8 heteroatoms. The molecule has 2 aromatic carbocycles. The summed E-state index contributed by atoms with van der Waals surface area (Å²) in [5, 5.41) is 6.01. The van der Waals surface area contributed by atoms with Crippen molar-refractivity contribution in [2.45, 2.75) is 32.4 Å². The lowest BCUT2D eigenvalue weighted by Gasteiger charge is -2.18. The van der Waals surface area contributed by atoms with Crippen LogP contribution in [0.15, 0.2) is 46.9 Å². The molecule has 1 atom stereocenters. The number of nitrogens with zero attached hydrogens (tertiary/aromatic N) is 3. The minimum atomic E-state index is -0.255. The van der Waals surface area contributed by atoms with Crippen LogP contribution in [0, 0.1) is 0 Å². The van der Waals surface area contributed by atoms with Gasteiger partial charge in [-0.1, -0.05) is 34.1 Å². The van der Waals surface area contributed by atoms with Gasteiger partial charge in [-0.25, -0.2) is 0 Å². The van der Waals surface area contributed by atoms with E-state index in [-0.39, 0.29) is 18.4 Å². The zero-order valence-corrected chi connectivity index (χ0v) is 20.7. The van der Waals surface area contributed by atoms with Crippen LogP contribution in [0.5, 0.6) is 5.75 Å². The number of benzene rings is 2. The van der Waals surface area contributed by atoms with E-state index in [0.29, 0.717) is 19.0 Å². The van der Waals surface area contributed by atoms with Gasteiger partial charge >= 0.3 is 5.97 Å². The van der Waals surface area contributed by atoms with E-state index in [2.05, 4.69) is 31.6 Å². The Labute approximate surface area is 202 Å². The molecule has 1 saturated heterocycles. The lowest BCUT2D eigenvalue weighted by molar-refractivity contribution is -0.142. The number of ether oxygens (including phenoxy) is 3. The summed E-state index contributed by atoms with van der Waals surface area (Å²) in [6.45, 7) is 6.15. The van der Waals surface area contributed by atoms with Gasteiger partial charge in [0.1, 0.15) is 12.4 Å². The number of rotatable bonds is 10. The summed E-state index contributed by atoms with van der Waals surface area (Å²) in [5.41, 5.74) is 2.81. The quantitative estimate of drug-likeness (QED) is 0.373. The summed E-state index contributed by atoms with van der Waals surface area (Å²) in [5.74, 6) is 0.435. The molecule has 176 valence electrons. The van der Waals surface area contributed by atoms with E-state index in [0.717, 1.165) is 59.3 Å². The smallest absolute Gasteiger partial charge is 0.310 e. The first kappa shape index (κ1) is 23.7. The number of halogens is 1. The summed E-state index contributed by atoms with van der Waals surface area (Å²) in [6.07, 6.45) is 1.22. The second kappa shape index (κ2) is 11.1. The van der Waals surface area contributed by atoms with Crippen molar-refractivity contribution in [1.29, 1.82) is 0 Å². The molecule has 1 aliphatic heterocycles. The number of carbonyl (C=O) groups is 1. The van der Waals surface area contributed by atoms with E-state index in [1.165, 1.54) is 0 Å². The van der Waals surface area contributed by atoms with Gasteiger partial charge < -0.3 is 14.2 Å². The van der Waals surface area contributed by atoms with E-state index in [4.69, 9.17) is 19.3 Å². The van der Waals surface area contributed by atoms with Crippen LogP contribution < -0.4 is 4.74 Å². The molecular weight excluding hydrogens is 486 g/mol. The maximum atomic E-state index is 12.0. The average molecular weight is 516 g/mol. The van der Waals surface area contributed by atoms with Gasteiger partial charge in [0.15, 0.2) is 0 Å². The van der Waals surface area contributed by atoms with Crippen molar-refractivity contribution < 1.29 is 19.0 Å². The van der Waals surface area contributed by atoms with Crippen LogP contribution in [0.25, 0.3) is 10.9 Å². The van der Waals surface area contributed by atoms with E-state index in [1.807, 2.05) is 43.3 Å². The molecule has 0 radical (unpaired) electrons. The Morgan fingerprint density at radius 1 is 1.24 bits per heavy atom. The molecule has 0 spiro atoms. The fraction of sp³-hybridized carbons (Fsp3) is 0.440. The Balaban J connectivity index is 1.58. The van der Waals surface area contributed by atoms with Gasteiger partial charge in [0, 0.05) is 42.2 Å². The van der Waals surface area contributed by atoms with Gasteiger partial charge in [-0.3, -0.25) is 14.4 Å². The fourth-order valence-electron chi connectivity index (χ4n) is 4.31. The highest BCUT2D eigenvalue weighted by atomic mass is 79.9. The van der Waals surface area contributed by atoms with E-state index < -0.39 is 0 Å². The Morgan fingerprint density at radius 3 is 2.91 bits per heavy atom. The molecule has 2 heterocycles. The second-order valence-corrected chi connectivity index (χ2v) is 9.08. The third kappa shape index (κ3) is 5.75. The summed E-state index contributed by atoms with van der Waals surface area (Å²) < 4.78 is 19.8. The minimum absolute atomic E-state index is 0.187. The number of aromatic nitrogens is 2. The van der Waals surface area contributed by atoms with Crippen molar-refractivity contribution in [2.24, 2.45) is 0 Å². The Hall–Kier alpha value is -2.42. The molecule has 0 N–H and O–H groups in total. The maximum absolute atomic E-state index is 12.0. The largest absolute Gasteiger partial charge is 0.487 e. The van der Waals surface area contributed by atoms with Crippen LogP contribution in [0.3, 0.4) is 0 Å². The molecule has 1 aliphatic rings. The van der Waals surface area contributed by atoms with Crippen LogP contribution in [-0.2, 0) is 27.3 Å². The van der Waals surface area contributed by atoms with Crippen LogP contribution in [-0.4, -0.2) is 60.6 Å². The predicted molar refractivity (Wildman–Crippen MR) is 131 cm³/mol. The number of esters is 1. The van der Waals surface area contributed by atoms with Gasteiger partial charge in [-0.15, -0.1) is 0 Å². The van der Waals surface area contributed by atoms with Crippen molar-refractivity contribution in [3.8, 4) is 5.75 Å². The van der Waals surface area contributed by atoms with E-state index >= 15 is 0 Å². The van der Waals surface area contributed by atoms with E-state index in [1.54, 1.807) is 7.11 Å². The topological polar surface area (TPSA) is 65.8 Å². The predicted octanol–water partition coefficient (Wildman–Crippen LogP) is 4.38. The second-order valence-electron chi connectivity index (χ2n) is 8.17. The van der Waals surface area contributed by atoms with Gasteiger partial charge in [-0.05, 0) is 37.6 Å². The molecule has 3 aromatic rings. The highest BCUT2D eigenvalue weighted by Crippen LogP contribution is 2.30. The first-order chi connectivity index (χ1) is 16.1. The SMILES string of the molecule is CCOC(=O)Cc1ccccc1OCc1c2cc(Br)ccc2nn1[C@H]1CCN(CCOC)C1. The van der Waals surface area contributed by atoms with Crippen LogP contribution in [0.1, 0.15) is 30.6 Å². The lowest BCUT2D eigenvalue weighted by atomic mass is 10.1. The minimum Gasteiger partial charge on any atom is -0.487 e. The zero-order valence-electron chi connectivity index (χ0n) is 19.1. The Kier molecular flexibility index (Phi) is 8.01. The number of carbonyl (C=O) groups excluding carboxylic acids is 1. The number of hydrogen-bond donors (Lipinski definition) is 0. The van der Waals surface area contributed by atoms with E-state index in [9.17, 15) is 4.79 Å². The molecule has 1 fully saturated rings. The molecule has 0 aliphatic carbocycles. The van der Waals surface area contributed by atoms with Gasteiger partial charge in [0.25, 0.3) is 0 Å². The van der Waals surface area contributed by atoms with Gasteiger partial charge in [0.05, 0.1) is 36.9 Å². The standard InChI is InChI=1S/C25H30BrN3O4/c1-3-32-25(30)14-18-6-4-5-7-24(18)33-17-23-21-15-19(26)8-9-22(21)27-29(23)20-10-11-28(16-20)12-13-31-2/h4-9,15,20H,3,10-14,16-17H2,1-2H3/t20-/m0/s1. The normalized spacial score (nSPS) is 16.4. The van der Waals surface area contributed by atoms with Crippen molar-refractivity contribution in [3.05, 3.63) is 58.2 Å². The number of hydrogen-bond acceptors (Lipinski definition) is 6. The summed E-state index contributed by atoms with van der Waals surface area (Å²) >= 11 is 3.60. The maximum Gasteiger partial charge on any atom is 0.310 e. The molecule has 0 bridgehead atoms. The van der Waals surface area contributed by atoms with Crippen LogP contribution in [0.4, 0.5) is 0 Å². The average Bonchev–Trinajstić information content (AvgIpc) is 3.41. The first-order valence-corrected chi connectivity index (χ1v) is 12.1. The molecule has 1 aromatic heterocycles. The highest BCUT2D eigenvalue weighted by Gasteiger charge is 2.27. The fourth-order valence-corrected chi connectivity index (χ4v) is 4.67. The van der Waals surface area contributed by atoms with Crippen molar-refractivity contribution in [1.82, 2.24) is 14.7 Å². The summed E-state index contributed by atoms with van der Waals surface area (Å²) in [4.78, 5) is 14.4. The summed E-state index contributed by atoms with van der Waals surface area (Å²) in [6, 6.07) is 14.1. The van der Waals surface area contributed by atoms with Crippen LogP contribution in [0.2, 0.25) is 0 Å². The lowest BCUT2D eigenvalue weighted by Crippen LogP contribution is -2.26. The monoisotopic (exact) mass is 515 g/mol. The number of para-hydroxylation sites is 1. The highest BCUT2D eigenvalue weighted by molar-refractivity contribution is 9.10.